The molecule has 0 unspecified atom stereocenters. The molecule has 0 atom stereocenters. The molecule has 0 heterocycles. The highest BCUT2D eigenvalue weighted by atomic mass is 16.1. The van der Waals surface area contributed by atoms with Gasteiger partial charge in [0.15, 0.2) is 5.66 Å². The van der Waals surface area contributed by atoms with Crippen LogP contribution in [0.2, 0.25) is 0 Å². The molecule has 0 saturated heterocycles. The molecule has 1 aromatic rings. The summed E-state index contributed by atoms with van der Waals surface area (Å²) in [7, 11) is 0. The van der Waals surface area contributed by atoms with Crippen molar-refractivity contribution in [3.05, 3.63) is 35.4 Å². The Balaban J connectivity index is 3.48. The molecule has 4 nitrogen and oxygen atoms in total. The predicted octanol–water partition coefficient (Wildman–Crippen LogP) is 2.66. The Labute approximate surface area is 106 Å². The molecule has 0 radical (unpaired) electrons. The Kier molecular flexibility index (Phi) is 3.97. The van der Waals surface area contributed by atoms with Crippen LogP contribution in [0.15, 0.2) is 34.3 Å². The molecular weight excluding hydrogens is 228 g/mol. The van der Waals surface area contributed by atoms with Crippen molar-refractivity contribution in [3.63, 3.8) is 0 Å². The first kappa shape index (κ1) is 14.0. The number of rotatable bonds is 4. The van der Waals surface area contributed by atoms with Gasteiger partial charge in [-0.3, -0.25) is 0 Å². The van der Waals surface area contributed by atoms with E-state index in [2.05, 4.69) is 9.98 Å². The lowest BCUT2D eigenvalue weighted by atomic mass is 9.73. The largest absolute Gasteiger partial charge is 0.237 e. The van der Waals surface area contributed by atoms with Gasteiger partial charge < -0.3 is 0 Å². The van der Waals surface area contributed by atoms with E-state index in [0.717, 1.165) is 11.1 Å². The van der Waals surface area contributed by atoms with Gasteiger partial charge in [-0.05, 0) is 25.0 Å². The lowest BCUT2D eigenvalue weighted by Crippen LogP contribution is -2.42. The molecule has 0 aliphatic carbocycles. The average molecular weight is 244 g/mol. The minimum Gasteiger partial charge on any atom is -0.211 e. The number of hydrogen-bond acceptors (Lipinski definition) is 4. The monoisotopic (exact) mass is 244 g/mol. The second-order valence-electron chi connectivity index (χ2n) is 4.87. The molecule has 0 spiro atoms. The van der Waals surface area contributed by atoms with Gasteiger partial charge >= 0.3 is 0 Å². The number of isocyanates is 2. The van der Waals surface area contributed by atoms with Gasteiger partial charge in [-0.1, -0.05) is 38.1 Å². The number of hydrogen-bond donors (Lipinski definition) is 0. The molecule has 1 aromatic carbocycles. The van der Waals surface area contributed by atoms with Crippen LogP contribution >= 0.6 is 0 Å². The van der Waals surface area contributed by atoms with Gasteiger partial charge in [0.05, 0.1) is 0 Å². The van der Waals surface area contributed by atoms with Gasteiger partial charge in [-0.25, -0.2) is 9.59 Å². The van der Waals surface area contributed by atoms with Crippen molar-refractivity contribution < 1.29 is 9.59 Å². The minimum absolute atomic E-state index is 0.618. The van der Waals surface area contributed by atoms with E-state index in [1.54, 1.807) is 6.92 Å². The number of benzene rings is 1. The molecule has 0 fully saturated rings. The summed E-state index contributed by atoms with van der Waals surface area (Å²) in [6.45, 7) is 7.36. The fourth-order valence-electron chi connectivity index (χ4n) is 2.01. The number of nitrogens with zero attached hydrogens (tertiary/aromatic N) is 2. The van der Waals surface area contributed by atoms with Crippen molar-refractivity contribution in [2.45, 2.75) is 38.8 Å². The normalized spacial score (nSPS) is 14.0. The average Bonchev–Trinajstić information content (AvgIpc) is 2.29. The Morgan fingerprint density at radius 2 is 1.50 bits per heavy atom. The zero-order valence-electron chi connectivity index (χ0n) is 11.0. The van der Waals surface area contributed by atoms with Crippen LogP contribution in [0, 0.1) is 6.92 Å². The first-order valence-corrected chi connectivity index (χ1v) is 5.63. The van der Waals surface area contributed by atoms with Gasteiger partial charge in [-0.15, -0.1) is 0 Å². The quantitative estimate of drug-likeness (QED) is 0.604. The van der Waals surface area contributed by atoms with Crippen molar-refractivity contribution in [3.8, 4) is 0 Å². The lowest BCUT2D eigenvalue weighted by molar-refractivity contribution is 0.291. The highest BCUT2D eigenvalue weighted by Gasteiger charge is 2.43. The second kappa shape index (κ2) is 5.09. The Morgan fingerprint density at radius 1 is 1.00 bits per heavy atom. The molecule has 0 N–H and O–H groups in total. The maximum atomic E-state index is 10.6. The van der Waals surface area contributed by atoms with E-state index in [0.29, 0.717) is 0 Å². The van der Waals surface area contributed by atoms with E-state index in [1.807, 2.05) is 45.0 Å². The van der Waals surface area contributed by atoms with Gasteiger partial charge in [-0.2, -0.15) is 9.98 Å². The van der Waals surface area contributed by atoms with Crippen LogP contribution in [0.4, 0.5) is 0 Å². The van der Waals surface area contributed by atoms with Crippen molar-refractivity contribution in [2.24, 2.45) is 9.98 Å². The van der Waals surface area contributed by atoms with Crippen LogP contribution in [0.1, 0.15) is 31.9 Å². The summed E-state index contributed by atoms with van der Waals surface area (Å²) in [4.78, 5) is 28.6. The van der Waals surface area contributed by atoms with Crippen molar-refractivity contribution >= 4 is 12.2 Å². The maximum Gasteiger partial charge on any atom is 0.237 e. The molecule has 0 aliphatic rings. The summed E-state index contributed by atoms with van der Waals surface area (Å²) < 4.78 is 0. The van der Waals surface area contributed by atoms with E-state index in [9.17, 15) is 9.59 Å². The van der Waals surface area contributed by atoms with Crippen LogP contribution in [0.5, 0.6) is 0 Å². The predicted molar refractivity (Wildman–Crippen MR) is 68.9 cm³/mol. The van der Waals surface area contributed by atoms with Crippen LogP contribution in [0.25, 0.3) is 0 Å². The maximum absolute atomic E-state index is 10.6. The van der Waals surface area contributed by atoms with Gasteiger partial charge in [0.25, 0.3) is 0 Å². The number of aliphatic imine (C=N–C) groups is 2. The highest BCUT2D eigenvalue weighted by molar-refractivity contribution is 5.44. The molecule has 0 saturated carbocycles. The molecule has 18 heavy (non-hydrogen) atoms. The summed E-state index contributed by atoms with van der Waals surface area (Å²) in [6.07, 6.45) is 2.98. The molecule has 1 rings (SSSR count). The smallest absolute Gasteiger partial charge is 0.211 e. The SMILES string of the molecule is Cc1ccccc1C(C)(C)C(C)(N=C=O)N=C=O. The summed E-state index contributed by atoms with van der Waals surface area (Å²) in [5.74, 6) is 0. The summed E-state index contributed by atoms with van der Waals surface area (Å²) in [5, 5.41) is 0. The van der Waals surface area contributed by atoms with E-state index < -0.39 is 11.1 Å². The molecular formula is C14H16N2O2. The van der Waals surface area contributed by atoms with E-state index >= 15 is 0 Å². The third-order valence-corrected chi connectivity index (χ3v) is 3.53. The molecule has 0 amide bonds. The Morgan fingerprint density at radius 3 is 1.94 bits per heavy atom. The Hall–Kier alpha value is -2.02. The molecule has 0 aromatic heterocycles. The third kappa shape index (κ3) is 2.30. The highest BCUT2D eigenvalue weighted by Crippen LogP contribution is 2.39. The van der Waals surface area contributed by atoms with Crippen LogP contribution in [-0.4, -0.2) is 17.8 Å². The first-order valence-electron chi connectivity index (χ1n) is 5.63. The minimum atomic E-state index is -1.21. The van der Waals surface area contributed by atoms with E-state index in [4.69, 9.17) is 0 Å². The van der Waals surface area contributed by atoms with Gasteiger partial charge in [0.1, 0.15) is 0 Å². The lowest BCUT2D eigenvalue weighted by Gasteiger charge is -2.37. The summed E-state index contributed by atoms with van der Waals surface area (Å²) >= 11 is 0. The van der Waals surface area contributed by atoms with Gasteiger partial charge in [0.2, 0.25) is 12.2 Å². The zero-order chi connectivity index (χ0) is 13.8. The Bertz CT molecular complexity index is 518. The van der Waals surface area contributed by atoms with Gasteiger partial charge in [0, 0.05) is 5.41 Å². The van der Waals surface area contributed by atoms with Crippen LogP contribution in [-0.2, 0) is 15.0 Å². The summed E-state index contributed by atoms with van der Waals surface area (Å²) in [5.41, 5.74) is 0.205. The molecule has 0 aliphatic heterocycles. The van der Waals surface area contributed by atoms with Crippen molar-refractivity contribution in [1.29, 1.82) is 0 Å². The summed E-state index contributed by atoms with van der Waals surface area (Å²) in [6, 6.07) is 7.74. The first-order chi connectivity index (χ1) is 8.39. The van der Waals surface area contributed by atoms with Crippen molar-refractivity contribution in [1.82, 2.24) is 0 Å². The van der Waals surface area contributed by atoms with Crippen LogP contribution in [0.3, 0.4) is 0 Å². The molecule has 0 bridgehead atoms. The second-order valence-corrected chi connectivity index (χ2v) is 4.87. The van der Waals surface area contributed by atoms with E-state index in [-0.39, 0.29) is 0 Å². The topological polar surface area (TPSA) is 58.9 Å². The fraction of sp³-hybridized carbons (Fsp3) is 0.429. The fourth-order valence-corrected chi connectivity index (χ4v) is 2.01. The number of carbonyl (C=O) groups excluding carboxylic acids is 2. The number of aryl methyl sites for hydroxylation is 1. The van der Waals surface area contributed by atoms with Crippen molar-refractivity contribution in [2.75, 3.05) is 0 Å². The molecule has 4 heteroatoms. The standard InChI is InChI=1S/C14H16N2O2/c1-11-7-5-6-8-12(11)13(2,3)14(4,15-9-17)16-10-18/h5-8H,1-4H3. The van der Waals surface area contributed by atoms with Crippen LogP contribution < -0.4 is 0 Å². The van der Waals surface area contributed by atoms with E-state index in [1.165, 1.54) is 12.2 Å². The zero-order valence-corrected chi connectivity index (χ0v) is 11.0. The molecule has 94 valence electrons. The third-order valence-electron chi connectivity index (χ3n) is 3.53.